The van der Waals surface area contributed by atoms with Crippen molar-refractivity contribution in [2.24, 2.45) is 11.5 Å². The summed E-state index contributed by atoms with van der Waals surface area (Å²) in [6, 6.07) is 5.18. The van der Waals surface area contributed by atoms with Gasteiger partial charge in [-0.15, -0.1) is 0 Å². The van der Waals surface area contributed by atoms with E-state index in [1.165, 1.54) is 0 Å². The van der Waals surface area contributed by atoms with E-state index in [4.69, 9.17) is 11.5 Å². The highest BCUT2D eigenvalue weighted by Crippen LogP contribution is 2.28. The molecular weight excluding hydrogens is 234 g/mol. The van der Waals surface area contributed by atoms with Crippen molar-refractivity contribution < 1.29 is 14.4 Å². The van der Waals surface area contributed by atoms with Crippen LogP contribution in [0.2, 0.25) is 0 Å². The molecule has 1 aliphatic rings. The van der Waals surface area contributed by atoms with Crippen molar-refractivity contribution in [3.8, 4) is 0 Å². The number of amides is 3. The maximum atomic E-state index is 11.7. The van der Waals surface area contributed by atoms with Crippen LogP contribution in [0.25, 0.3) is 0 Å². The quantitative estimate of drug-likeness (QED) is 0.648. The summed E-state index contributed by atoms with van der Waals surface area (Å²) in [4.78, 5) is 35.1. The lowest BCUT2D eigenvalue weighted by Gasteiger charge is -2.27. The Morgan fingerprint density at radius 3 is 2.61 bits per heavy atom. The molecule has 1 aromatic carbocycles. The summed E-state index contributed by atoms with van der Waals surface area (Å²) < 4.78 is 0. The van der Waals surface area contributed by atoms with E-state index >= 15 is 0 Å². The fourth-order valence-electron chi connectivity index (χ4n) is 2.00. The molecule has 1 heterocycles. The Bertz CT molecular complexity index is 539. The zero-order chi connectivity index (χ0) is 13.3. The Kier molecular flexibility index (Phi) is 3.12. The first-order chi connectivity index (χ1) is 8.54. The lowest BCUT2D eigenvalue weighted by molar-refractivity contribution is -0.138. The molecule has 0 atom stereocenters. The average molecular weight is 247 g/mol. The molecule has 3 amide bonds. The number of anilines is 1. The summed E-state index contributed by atoms with van der Waals surface area (Å²) in [5, 5.41) is 0. The van der Waals surface area contributed by atoms with Crippen LogP contribution in [0.5, 0.6) is 0 Å². The molecule has 0 spiro atoms. The molecule has 2 rings (SSSR count). The monoisotopic (exact) mass is 247 g/mol. The third kappa shape index (κ3) is 1.98. The first kappa shape index (κ1) is 12.3. The summed E-state index contributed by atoms with van der Waals surface area (Å²) in [6.07, 6.45) is 0.713. The van der Waals surface area contributed by atoms with Gasteiger partial charge >= 0.3 is 11.8 Å². The molecule has 0 aliphatic carbocycles. The van der Waals surface area contributed by atoms with Gasteiger partial charge in [0.1, 0.15) is 0 Å². The van der Waals surface area contributed by atoms with E-state index in [1.54, 1.807) is 12.1 Å². The summed E-state index contributed by atoms with van der Waals surface area (Å²) in [6.45, 7) is 0.380. The SMILES string of the molecule is NCc1ccc2c(c1)CCC(=O)N2C(=O)C(N)=O. The number of carbonyl (C=O) groups excluding carboxylic acids is 3. The normalized spacial score (nSPS) is 14.3. The zero-order valence-electron chi connectivity index (χ0n) is 9.68. The lowest BCUT2D eigenvalue weighted by atomic mass is 9.98. The van der Waals surface area contributed by atoms with Crippen molar-refractivity contribution in [1.29, 1.82) is 0 Å². The summed E-state index contributed by atoms with van der Waals surface area (Å²) in [5.74, 6) is -2.55. The summed E-state index contributed by atoms with van der Waals surface area (Å²) in [7, 11) is 0. The van der Waals surface area contributed by atoms with E-state index in [0.29, 0.717) is 18.7 Å². The molecule has 94 valence electrons. The second kappa shape index (κ2) is 4.58. The van der Waals surface area contributed by atoms with Crippen LogP contribution < -0.4 is 16.4 Å². The van der Waals surface area contributed by atoms with Gasteiger partial charge in [-0.3, -0.25) is 14.4 Å². The van der Waals surface area contributed by atoms with Gasteiger partial charge in [0.05, 0.1) is 5.69 Å². The number of rotatable bonds is 1. The number of nitrogens with two attached hydrogens (primary N) is 2. The van der Waals surface area contributed by atoms with Crippen LogP contribution in [0.4, 0.5) is 5.69 Å². The van der Waals surface area contributed by atoms with Crippen LogP contribution in [-0.2, 0) is 27.3 Å². The molecule has 1 aliphatic heterocycles. The summed E-state index contributed by atoms with van der Waals surface area (Å²) >= 11 is 0. The van der Waals surface area contributed by atoms with E-state index in [0.717, 1.165) is 16.0 Å². The molecule has 18 heavy (non-hydrogen) atoms. The fourth-order valence-corrected chi connectivity index (χ4v) is 2.00. The average Bonchev–Trinajstić information content (AvgIpc) is 2.37. The predicted molar refractivity (Wildman–Crippen MR) is 64.3 cm³/mol. The highest BCUT2D eigenvalue weighted by atomic mass is 16.2. The van der Waals surface area contributed by atoms with Crippen molar-refractivity contribution in [3.63, 3.8) is 0 Å². The minimum Gasteiger partial charge on any atom is -0.361 e. The van der Waals surface area contributed by atoms with Crippen molar-refractivity contribution >= 4 is 23.4 Å². The van der Waals surface area contributed by atoms with Gasteiger partial charge in [0, 0.05) is 13.0 Å². The van der Waals surface area contributed by atoms with Crippen molar-refractivity contribution in [2.45, 2.75) is 19.4 Å². The van der Waals surface area contributed by atoms with Crippen LogP contribution >= 0.6 is 0 Å². The first-order valence-electron chi connectivity index (χ1n) is 5.53. The Labute approximate surface area is 104 Å². The number of hydrogen-bond donors (Lipinski definition) is 2. The number of fused-ring (bicyclic) bond motifs is 1. The molecule has 6 heteroatoms. The second-order valence-corrected chi connectivity index (χ2v) is 4.07. The Morgan fingerprint density at radius 2 is 2.00 bits per heavy atom. The first-order valence-corrected chi connectivity index (χ1v) is 5.53. The Balaban J connectivity index is 2.48. The van der Waals surface area contributed by atoms with E-state index in [2.05, 4.69) is 0 Å². The number of primary amides is 1. The zero-order valence-corrected chi connectivity index (χ0v) is 9.68. The number of hydrogen-bond acceptors (Lipinski definition) is 4. The number of imide groups is 1. The van der Waals surface area contributed by atoms with Crippen molar-refractivity contribution in [3.05, 3.63) is 29.3 Å². The molecule has 4 N–H and O–H groups in total. The minimum atomic E-state index is -1.14. The topological polar surface area (TPSA) is 106 Å². The van der Waals surface area contributed by atoms with Gasteiger partial charge in [-0.05, 0) is 23.6 Å². The van der Waals surface area contributed by atoms with Crippen LogP contribution in [0.3, 0.4) is 0 Å². The van der Waals surface area contributed by atoms with Gasteiger partial charge < -0.3 is 11.5 Å². The molecule has 0 saturated heterocycles. The molecule has 1 aromatic rings. The molecular formula is C12H13N3O3. The van der Waals surface area contributed by atoms with Gasteiger partial charge in [-0.25, -0.2) is 4.90 Å². The number of carbonyl (C=O) groups is 3. The van der Waals surface area contributed by atoms with E-state index in [1.807, 2.05) is 6.07 Å². The molecule has 0 radical (unpaired) electrons. The Hall–Kier alpha value is -2.21. The van der Waals surface area contributed by atoms with Crippen LogP contribution in [-0.4, -0.2) is 17.7 Å². The van der Waals surface area contributed by atoms with E-state index in [9.17, 15) is 14.4 Å². The molecule has 0 fully saturated rings. The summed E-state index contributed by atoms with van der Waals surface area (Å²) in [5.41, 5.74) is 12.6. The van der Waals surface area contributed by atoms with E-state index < -0.39 is 17.7 Å². The standard InChI is InChI=1S/C12H13N3O3/c13-6-7-1-3-9-8(5-7)2-4-10(16)15(9)12(18)11(14)17/h1,3,5H,2,4,6,13H2,(H2,14,17). The predicted octanol–water partition coefficient (Wildman–Crippen LogP) is -0.564. The maximum absolute atomic E-state index is 11.7. The highest BCUT2D eigenvalue weighted by Gasteiger charge is 2.32. The third-order valence-corrected chi connectivity index (χ3v) is 2.89. The van der Waals surface area contributed by atoms with Crippen LogP contribution in [0.15, 0.2) is 18.2 Å². The molecule has 0 saturated carbocycles. The fraction of sp³-hybridized carbons (Fsp3) is 0.250. The molecule has 0 aromatic heterocycles. The van der Waals surface area contributed by atoms with Crippen LogP contribution in [0.1, 0.15) is 17.5 Å². The minimum absolute atomic E-state index is 0.181. The third-order valence-electron chi connectivity index (χ3n) is 2.89. The smallest absolute Gasteiger partial charge is 0.322 e. The highest BCUT2D eigenvalue weighted by molar-refractivity contribution is 6.45. The van der Waals surface area contributed by atoms with Crippen molar-refractivity contribution in [1.82, 2.24) is 0 Å². The van der Waals surface area contributed by atoms with Gasteiger partial charge in [-0.1, -0.05) is 12.1 Å². The lowest BCUT2D eigenvalue weighted by Crippen LogP contribution is -2.46. The van der Waals surface area contributed by atoms with Gasteiger partial charge in [0.2, 0.25) is 5.91 Å². The maximum Gasteiger partial charge on any atom is 0.322 e. The molecule has 0 unspecified atom stereocenters. The van der Waals surface area contributed by atoms with Gasteiger partial charge in [0.15, 0.2) is 0 Å². The number of nitrogens with zero attached hydrogens (tertiary/aromatic N) is 1. The molecule has 6 nitrogen and oxygen atoms in total. The Morgan fingerprint density at radius 1 is 1.28 bits per heavy atom. The second-order valence-electron chi connectivity index (χ2n) is 4.07. The van der Waals surface area contributed by atoms with Gasteiger partial charge in [0.25, 0.3) is 0 Å². The number of benzene rings is 1. The van der Waals surface area contributed by atoms with Gasteiger partial charge in [-0.2, -0.15) is 0 Å². The largest absolute Gasteiger partial charge is 0.361 e. The molecule has 0 bridgehead atoms. The van der Waals surface area contributed by atoms with Crippen molar-refractivity contribution in [2.75, 3.05) is 4.90 Å². The number of aryl methyl sites for hydroxylation is 1. The van der Waals surface area contributed by atoms with E-state index in [-0.39, 0.29) is 6.42 Å². The van der Waals surface area contributed by atoms with Crippen LogP contribution in [0, 0.1) is 0 Å².